The van der Waals surface area contributed by atoms with Gasteiger partial charge >= 0.3 is 6.03 Å². The van der Waals surface area contributed by atoms with Gasteiger partial charge in [-0.05, 0) is 57.6 Å². The molecule has 10 nitrogen and oxygen atoms in total. The minimum Gasteiger partial charge on any atom is -0.376 e. The van der Waals surface area contributed by atoms with E-state index >= 15 is 0 Å². The molecular weight excluding hydrogens is 460 g/mol. The minimum absolute atomic E-state index is 0.0724. The molecule has 10 heteroatoms. The third-order valence-corrected chi connectivity index (χ3v) is 7.01. The van der Waals surface area contributed by atoms with Gasteiger partial charge in [0.2, 0.25) is 5.91 Å². The number of hydrogen-bond acceptors (Lipinski definition) is 7. The molecule has 3 amide bonds. The summed E-state index contributed by atoms with van der Waals surface area (Å²) in [5, 5.41) is 22.9. The molecule has 0 aliphatic heterocycles. The summed E-state index contributed by atoms with van der Waals surface area (Å²) in [4.78, 5) is 37.5. The van der Waals surface area contributed by atoms with Crippen LogP contribution in [0.25, 0.3) is 0 Å². The maximum atomic E-state index is 12.7. The Morgan fingerprint density at radius 1 is 1.19 bits per heavy atom. The van der Waals surface area contributed by atoms with E-state index in [2.05, 4.69) is 33.4 Å². The number of aliphatic hydroxyl groups is 1. The molecule has 1 aromatic rings. The van der Waals surface area contributed by atoms with E-state index in [1.807, 2.05) is 18.2 Å². The van der Waals surface area contributed by atoms with Crippen molar-refractivity contribution in [1.82, 2.24) is 26.2 Å². The Morgan fingerprint density at radius 2 is 1.92 bits per heavy atom. The highest BCUT2D eigenvalue weighted by Crippen LogP contribution is 2.37. The number of nitrogens with one attached hydrogen (secondary N) is 4. The van der Waals surface area contributed by atoms with Crippen molar-refractivity contribution in [1.29, 1.82) is 0 Å². The summed E-state index contributed by atoms with van der Waals surface area (Å²) >= 11 is 0. The van der Waals surface area contributed by atoms with Crippen molar-refractivity contribution < 1.29 is 19.5 Å². The van der Waals surface area contributed by atoms with Crippen LogP contribution in [0.4, 0.5) is 4.79 Å². The van der Waals surface area contributed by atoms with Crippen molar-refractivity contribution in [3.63, 3.8) is 0 Å². The van der Waals surface area contributed by atoms with E-state index in [-0.39, 0.29) is 36.5 Å². The number of aliphatic hydroxyl groups excluding tert-OH is 1. The molecule has 36 heavy (non-hydrogen) atoms. The Morgan fingerprint density at radius 3 is 2.50 bits per heavy atom. The maximum Gasteiger partial charge on any atom is 0.317 e. The Hall–Kier alpha value is -2.53. The number of carbonyl (C=O) groups is 3. The molecule has 202 valence electrons. The monoisotopic (exact) mass is 504 g/mol. The zero-order chi connectivity index (χ0) is 26.5. The van der Waals surface area contributed by atoms with Crippen LogP contribution in [0.3, 0.4) is 0 Å². The number of rotatable bonds is 16. The fraction of sp³-hybridized carbons (Fsp3) is 0.654. The first-order chi connectivity index (χ1) is 17.3. The van der Waals surface area contributed by atoms with E-state index in [0.717, 1.165) is 19.1 Å². The SMILES string of the molecule is CNC(=O)N(CC[C@H](N)CCCC=O)C[C@H](NC(=O)C(C)NC)C(O)N[C@H]1CC[C@@H]1c1ccccc1. The highest BCUT2D eigenvalue weighted by atomic mass is 16.3. The Labute approximate surface area is 214 Å². The molecule has 0 bridgehead atoms. The Bertz CT molecular complexity index is 811. The molecule has 1 fully saturated rings. The second-order valence-corrected chi connectivity index (χ2v) is 9.59. The zero-order valence-electron chi connectivity index (χ0n) is 21.8. The number of likely N-dealkylation sites (N-methyl/N-ethyl adjacent to an activating group) is 1. The van der Waals surface area contributed by atoms with E-state index in [1.165, 1.54) is 5.56 Å². The first-order valence-corrected chi connectivity index (χ1v) is 12.9. The number of benzene rings is 1. The smallest absolute Gasteiger partial charge is 0.317 e. The number of aldehydes is 1. The lowest BCUT2D eigenvalue weighted by Crippen LogP contribution is -2.61. The zero-order valence-corrected chi connectivity index (χ0v) is 21.8. The second kappa shape index (κ2) is 15.6. The highest BCUT2D eigenvalue weighted by Gasteiger charge is 2.36. The van der Waals surface area contributed by atoms with Gasteiger partial charge in [0.15, 0.2) is 0 Å². The molecule has 0 heterocycles. The van der Waals surface area contributed by atoms with E-state index in [4.69, 9.17) is 5.73 Å². The Kier molecular flexibility index (Phi) is 12.8. The van der Waals surface area contributed by atoms with E-state index in [1.54, 1.807) is 25.9 Å². The average Bonchev–Trinajstić information content (AvgIpc) is 2.87. The fourth-order valence-corrected chi connectivity index (χ4v) is 4.40. The van der Waals surface area contributed by atoms with Crippen molar-refractivity contribution in [2.24, 2.45) is 5.73 Å². The van der Waals surface area contributed by atoms with E-state index in [0.29, 0.717) is 32.2 Å². The van der Waals surface area contributed by atoms with Gasteiger partial charge in [0.05, 0.1) is 12.1 Å². The van der Waals surface area contributed by atoms with Crippen LogP contribution in [-0.4, -0.2) is 85.8 Å². The number of urea groups is 1. The quantitative estimate of drug-likeness (QED) is 0.110. The second-order valence-electron chi connectivity index (χ2n) is 9.59. The van der Waals surface area contributed by atoms with Gasteiger partial charge in [-0.3, -0.25) is 10.1 Å². The van der Waals surface area contributed by atoms with Gasteiger partial charge in [-0.1, -0.05) is 30.3 Å². The number of nitrogens with zero attached hydrogens (tertiary/aromatic N) is 1. The largest absolute Gasteiger partial charge is 0.376 e. The molecule has 7 N–H and O–H groups in total. The predicted molar refractivity (Wildman–Crippen MR) is 140 cm³/mol. The molecule has 0 radical (unpaired) electrons. The fourth-order valence-electron chi connectivity index (χ4n) is 4.40. The predicted octanol–water partition coefficient (Wildman–Crippen LogP) is 0.661. The van der Waals surface area contributed by atoms with Gasteiger partial charge in [0, 0.05) is 38.6 Å². The summed E-state index contributed by atoms with van der Waals surface area (Å²) in [6, 6.07) is 8.60. The summed E-state index contributed by atoms with van der Waals surface area (Å²) in [6.07, 6.45) is 4.17. The first kappa shape index (κ1) is 29.7. The van der Waals surface area contributed by atoms with Gasteiger partial charge in [0.25, 0.3) is 0 Å². The van der Waals surface area contributed by atoms with Gasteiger partial charge < -0.3 is 36.5 Å². The number of amides is 3. The van der Waals surface area contributed by atoms with Crippen LogP contribution in [0.1, 0.15) is 56.9 Å². The molecule has 1 aromatic carbocycles. The molecule has 0 spiro atoms. The summed E-state index contributed by atoms with van der Waals surface area (Å²) in [5.41, 5.74) is 7.40. The van der Waals surface area contributed by atoms with Crippen LogP contribution in [-0.2, 0) is 9.59 Å². The molecule has 2 unspecified atom stereocenters. The molecule has 2 rings (SSSR count). The van der Waals surface area contributed by atoms with Crippen LogP contribution in [0.15, 0.2) is 30.3 Å². The van der Waals surface area contributed by atoms with Crippen LogP contribution >= 0.6 is 0 Å². The van der Waals surface area contributed by atoms with Gasteiger partial charge in [-0.15, -0.1) is 0 Å². The van der Waals surface area contributed by atoms with Crippen molar-refractivity contribution >= 4 is 18.2 Å². The molecule has 0 saturated heterocycles. The Balaban J connectivity index is 2.08. The average molecular weight is 505 g/mol. The first-order valence-electron chi connectivity index (χ1n) is 12.9. The van der Waals surface area contributed by atoms with Crippen molar-refractivity contribution in [2.45, 2.75) is 81.8 Å². The van der Waals surface area contributed by atoms with Crippen LogP contribution in [0.5, 0.6) is 0 Å². The topological polar surface area (TPSA) is 149 Å². The van der Waals surface area contributed by atoms with Crippen molar-refractivity contribution in [3.05, 3.63) is 35.9 Å². The minimum atomic E-state index is -1.05. The maximum absolute atomic E-state index is 12.7. The van der Waals surface area contributed by atoms with Crippen LogP contribution in [0.2, 0.25) is 0 Å². The van der Waals surface area contributed by atoms with Gasteiger partial charge in [-0.2, -0.15) is 0 Å². The lowest BCUT2D eigenvalue weighted by atomic mass is 9.75. The lowest BCUT2D eigenvalue weighted by molar-refractivity contribution is -0.124. The van der Waals surface area contributed by atoms with Crippen LogP contribution < -0.4 is 27.0 Å². The van der Waals surface area contributed by atoms with E-state index in [9.17, 15) is 19.5 Å². The summed E-state index contributed by atoms with van der Waals surface area (Å²) < 4.78 is 0. The standard InChI is InChI=1S/C26H44N6O4/c1-18(28-2)24(34)31-23(17-32(26(36)29-3)15-14-20(27)11-7-8-16-33)25(35)30-22-13-12-21(22)19-9-5-4-6-10-19/h4-6,9-10,16,18,20-23,25,28,30,35H,7-8,11-15,17,27H2,1-3H3,(H,29,36)(H,31,34)/t18?,20-,21-,22+,23+,25?/m1/s1. The number of nitrogens with two attached hydrogens (primary N) is 1. The van der Waals surface area contributed by atoms with Gasteiger partial charge in [0.1, 0.15) is 12.5 Å². The summed E-state index contributed by atoms with van der Waals surface area (Å²) in [7, 11) is 3.24. The molecule has 6 atom stereocenters. The third-order valence-electron chi connectivity index (χ3n) is 7.01. The van der Waals surface area contributed by atoms with E-state index < -0.39 is 18.3 Å². The molecule has 1 aliphatic carbocycles. The summed E-state index contributed by atoms with van der Waals surface area (Å²) in [6.45, 7) is 2.21. The van der Waals surface area contributed by atoms with Crippen LogP contribution in [0, 0.1) is 0 Å². The molecule has 0 aromatic heterocycles. The van der Waals surface area contributed by atoms with Crippen molar-refractivity contribution in [2.75, 3.05) is 27.2 Å². The lowest BCUT2D eigenvalue weighted by Gasteiger charge is -2.41. The summed E-state index contributed by atoms with van der Waals surface area (Å²) in [5.74, 6) is 0.0202. The molecular formula is C26H44N6O4. The number of carbonyl (C=O) groups excluding carboxylic acids is 3. The van der Waals surface area contributed by atoms with Crippen molar-refractivity contribution in [3.8, 4) is 0 Å². The van der Waals surface area contributed by atoms with Gasteiger partial charge in [-0.25, -0.2) is 4.79 Å². The highest BCUT2D eigenvalue weighted by molar-refractivity contribution is 5.81. The normalized spacial score (nSPS) is 20.4. The third kappa shape index (κ3) is 9.16. The molecule has 1 saturated carbocycles. The number of unbranched alkanes of at least 4 members (excludes halogenated alkanes) is 1. The number of hydrogen-bond donors (Lipinski definition) is 6. The molecule has 1 aliphatic rings.